The van der Waals surface area contributed by atoms with E-state index in [0.29, 0.717) is 5.75 Å². The van der Waals surface area contributed by atoms with Gasteiger partial charge in [0, 0.05) is 32.7 Å². The molecule has 0 aromatic heterocycles. The molecule has 1 heterocycles. The second-order valence-corrected chi connectivity index (χ2v) is 6.79. The first-order chi connectivity index (χ1) is 13.2. The van der Waals surface area contributed by atoms with Crippen molar-refractivity contribution in [3.8, 4) is 11.5 Å². The fourth-order valence-corrected chi connectivity index (χ4v) is 3.20. The van der Waals surface area contributed by atoms with E-state index in [1.54, 1.807) is 7.11 Å². The van der Waals surface area contributed by atoms with Crippen LogP contribution in [0.2, 0.25) is 0 Å². The number of hydrogen-bond acceptors (Lipinski definition) is 4. The van der Waals surface area contributed by atoms with E-state index in [0.717, 1.165) is 44.9 Å². The monoisotopic (exact) mass is 368 g/mol. The first kappa shape index (κ1) is 19.2. The van der Waals surface area contributed by atoms with Gasteiger partial charge < -0.3 is 14.4 Å². The summed E-state index contributed by atoms with van der Waals surface area (Å²) in [5, 5.41) is 0. The van der Waals surface area contributed by atoms with Crippen LogP contribution in [0.3, 0.4) is 0 Å². The van der Waals surface area contributed by atoms with Gasteiger partial charge in [0.15, 0.2) is 6.61 Å². The maximum atomic E-state index is 12.4. The second kappa shape index (κ2) is 9.42. The van der Waals surface area contributed by atoms with Crippen molar-refractivity contribution in [3.63, 3.8) is 0 Å². The van der Waals surface area contributed by atoms with Gasteiger partial charge in [-0.3, -0.25) is 9.69 Å². The molecule has 144 valence electrons. The van der Waals surface area contributed by atoms with Crippen molar-refractivity contribution in [2.75, 3.05) is 39.9 Å². The molecule has 1 amide bonds. The Bertz CT molecular complexity index is 720. The van der Waals surface area contributed by atoms with Crippen molar-refractivity contribution in [2.45, 2.75) is 19.9 Å². The number of methoxy groups -OCH3 is 1. The third kappa shape index (κ3) is 5.47. The minimum atomic E-state index is 0.0396. The van der Waals surface area contributed by atoms with E-state index in [1.165, 1.54) is 11.1 Å². The lowest BCUT2D eigenvalue weighted by molar-refractivity contribution is -0.135. The lowest BCUT2D eigenvalue weighted by Gasteiger charge is -2.34. The number of piperazine rings is 1. The molecule has 1 aliphatic rings. The standard InChI is InChI=1S/C22H28N2O3/c1-3-18-4-6-19(7-5-18)16-23-12-14-24(15-13-23)22(25)17-27-21-10-8-20(26-2)9-11-21/h4-11H,3,12-17H2,1-2H3. The van der Waals surface area contributed by atoms with Crippen LogP contribution in [0.5, 0.6) is 11.5 Å². The zero-order valence-corrected chi connectivity index (χ0v) is 16.2. The van der Waals surface area contributed by atoms with E-state index in [9.17, 15) is 4.79 Å². The third-order valence-corrected chi connectivity index (χ3v) is 4.98. The minimum Gasteiger partial charge on any atom is -0.497 e. The summed E-state index contributed by atoms with van der Waals surface area (Å²) in [6, 6.07) is 16.1. The molecule has 3 rings (SSSR count). The molecule has 2 aromatic carbocycles. The highest BCUT2D eigenvalue weighted by Crippen LogP contribution is 2.17. The minimum absolute atomic E-state index is 0.0396. The summed E-state index contributed by atoms with van der Waals surface area (Å²) in [5.74, 6) is 1.49. The number of carbonyl (C=O) groups is 1. The fourth-order valence-electron chi connectivity index (χ4n) is 3.20. The van der Waals surface area contributed by atoms with Gasteiger partial charge in [0.2, 0.25) is 0 Å². The fraction of sp³-hybridized carbons (Fsp3) is 0.409. The number of carbonyl (C=O) groups excluding carboxylic acids is 1. The number of aryl methyl sites for hydroxylation is 1. The Morgan fingerprint density at radius 1 is 0.889 bits per heavy atom. The largest absolute Gasteiger partial charge is 0.497 e. The Morgan fingerprint density at radius 3 is 2.07 bits per heavy atom. The number of benzene rings is 2. The van der Waals surface area contributed by atoms with Gasteiger partial charge in [-0.1, -0.05) is 31.2 Å². The molecule has 5 heteroatoms. The Balaban J connectivity index is 1.41. The number of hydrogen-bond donors (Lipinski definition) is 0. The molecular formula is C22H28N2O3. The molecule has 0 aliphatic carbocycles. The van der Waals surface area contributed by atoms with E-state index in [4.69, 9.17) is 9.47 Å². The summed E-state index contributed by atoms with van der Waals surface area (Å²) in [6.45, 7) is 6.46. The lowest BCUT2D eigenvalue weighted by atomic mass is 10.1. The van der Waals surface area contributed by atoms with Crippen LogP contribution in [-0.2, 0) is 17.8 Å². The van der Waals surface area contributed by atoms with Gasteiger partial charge in [-0.2, -0.15) is 0 Å². The third-order valence-electron chi connectivity index (χ3n) is 4.98. The first-order valence-corrected chi connectivity index (χ1v) is 9.52. The van der Waals surface area contributed by atoms with Crippen molar-refractivity contribution in [1.29, 1.82) is 0 Å². The quantitative estimate of drug-likeness (QED) is 0.754. The number of ether oxygens (including phenoxy) is 2. The zero-order valence-electron chi connectivity index (χ0n) is 16.2. The summed E-state index contributed by atoms with van der Waals surface area (Å²) < 4.78 is 10.7. The van der Waals surface area contributed by atoms with Gasteiger partial charge in [0.25, 0.3) is 5.91 Å². The van der Waals surface area contributed by atoms with E-state index in [1.807, 2.05) is 29.2 Å². The Morgan fingerprint density at radius 2 is 1.48 bits per heavy atom. The predicted octanol–water partition coefficient (Wildman–Crippen LogP) is 2.98. The van der Waals surface area contributed by atoms with Crippen LogP contribution in [0.1, 0.15) is 18.1 Å². The van der Waals surface area contributed by atoms with Crippen molar-refractivity contribution in [3.05, 3.63) is 59.7 Å². The van der Waals surface area contributed by atoms with Gasteiger partial charge in [-0.25, -0.2) is 0 Å². The molecule has 1 fully saturated rings. The van der Waals surface area contributed by atoms with Crippen LogP contribution < -0.4 is 9.47 Å². The molecule has 1 saturated heterocycles. The number of rotatable bonds is 7. The smallest absolute Gasteiger partial charge is 0.260 e. The summed E-state index contributed by atoms with van der Waals surface area (Å²) in [6.07, 6.45) is 1.07. The second-order valence-electron chi connectivity index (χ2n) is 6.79. The predicted molar refractivity (Wildman–Crippen MR) is 106 cm³/mol. The average molecular weight is 368 g/mol. The molecule has 5 nitrogen and oxygen atoms in total. The summed E-state index contributed by atoms with van der Waals surface area (Å²) in [5.41, 5.74) is 2.70. The van der Waals surface area contributed by atoms with Gasteiger partial charge >= 0.3 is 0 Å². The molecule has 0 saturated carbocycles. The molecule has 1 aliphatic heterocycles. The molecule has 0 radical (unpaired) electrons. The van der Waals surface area contributed by atoms with Crippen LogP contribution in [-0.4, -0.2) is 55.6 Å². The topological polar surface area (TPSA) is 42.0 Å². The van der Waals surface area contributed by atoms with Gasteiger partial charge in [0.1, 0.15) is 11.5 Å². The van der Waals surface area contributed by atoms with Crippen LogP contribution >= 0.6 is 0 Å². The normalized spacial score (nSPS) is 14.8. The molecule has 0 unspecified atom stereocenters. The average Bonchev–Trinajstić information content (AvgIpc) is 2.73. The maximum Gasteiger partial charge on any atom is 0.260 e. The van der Waals surface area contributed by atoms with Crippen molar-refractivity contribution >= 4 is 5.91 Å². The zero-order chi connectivity index (χ0) is 19.1. The van der Waals surface area contributed by atoms with Gasteiger partial charge in [-0.05, 0) is 41.8 Å². The summed E-state index contributed by atoms with van der Waals surface area (Å²) in [7, 11) is 1.62. The maximum absolute atomic E-state index is 12.4. The molecule has 2 aromatic rings. The van der Waals surface area contributed by atoms with Crippen LogP contribution in [0.4, 0.5) is 0 Å². The molecule has 0 bridgehead atoms. The van der Waals surface area contributed by atoms with E-state index >= 15 is 0 Å². The van der Waals surface area contributed by atoms with Crippen LogP contribution in [0.25, 0.3) is 0 Å². The van der Waals surface area contributed by atoms with E-state index in [2.05, 4.69) is 36.1 Å². The van der Waals surface area contributed by atoms with Gasteiger partial charge in [-0.15, -0.1) is 0 Å². The van der Waals surface area contributed by atoms with Crippen molar-refractivity contribution < 1.29 is 14.3 Å². The van der Waals surface area contributed by atoms with Crippen molar-refractivity contribution in [2.24, 2.45) is 0 Å². The molecule has 0 atom stereocenters. The van der Waals surface area contributed by atoms with Crippen LogP contribution in [0.15, 0.2) is 48.5 Å². The summed E-state index contributed by atoms with van der Waals surface area (Å²) >= 11 is 0. The highest BCUT2D eigenvalue weighted by Gasteiger charge is 2.21. The van der Waals surface area contributed by atoms with Crippen LogP contribution in [0, 0.1) is 0 Å². The Hall–Kier alpha value is -2.53. The highest BCUT2D eigenvalue weighted by atomic mass is 16.5. The molecular weight excluding hydrogens is 340 g/mol. The highest BCUT2D eigenvalue weighted by molar-refractivity contribution is 5.77. The first-order valence-electron chi connectivity index (χ1n) is 9.52. The summed E-state index contributed by atoms with van der Waals surface area (Å²) in [4.78, 5) is 16.7. The Labute approximate surface area is 161 Å². The Kier molecular flexibility index (Phi) is 6.71. The van der Waals surface area contributed by atoms with E-state index < -0.39 is 0 Å². The van der Waals surface area contributed by atoms with Crippen molar-refractivity contribution in [1.82, 2.24) is 9.80 Å². The van der Waals surface area contributed by atoms with Gasteiger partial charge in [0.05, 0.1) is 7.11 Å². The lowest BCUT2D eigenvalue weighted by Crippen LogP contribution is -2.49. The molecule has 0 N–H and O–H groups in total. The SMILES string of the molecule is CCc1ccc(CN2CCN(C(=O)COc3ccc(OC)cc3)CC2)cc1. The number of amides is 1. The van der Waals surface area contributed by atoms with E-state index in [-0.39, 0.29) is 12.5 Å². The molecule has 0 spiro atoms. The molecule has 27 heavy (non-hydrogen) atoms. The number of nitrogens with zero attached hydrogens (tertiary/aromatic N) is 2.